The second-order valence-electron chi connectivity index (χ2n) is 9.60. The summed E-state index contributed by atoms with van der Waals surface area (Å²) >= 11 is 0. The maximum atomic E-state index is 13.6. The molecule has 0 aromatic heterocycles. The van der Waals surface area contributed by atoms with Crippen LogP contribution in [-0.4, -0.2) is 31.3 Å². The molecular weight excluding hydrogens is 405 g/mol. The monoisotopic (exact) mass is 441 g/mol. The minimum absolute atomic E-state index is 0.0972. The molecule has 1 N–H and O–H groups in total. The van der Waals surface area contributed by atoms with Crippen molar-refractivity contribution >= 4 is 5.91 Å². The highest BCUT2D eigenvalue weighted by atomic mass is 19.1. The molecule has 1 fully saturated rings. The van der Waals surface area contributed by atoms with Gasteiger partial charge in [0.15, 0.2) is 0 Å². The summed E-state index contributed by atoms with van der Waals surface area (Å²) in [6.07, 6.45) is 3.39. The van der Waals surface area contributed by atoms with Crippen molar-refractivity contribution < 1.29 is 18.7 Å². The second kappa shape index (κ2) is 10.5. The van der Waals surface area contributed by atoms with Gasteiger partial charge < -0.3 is 14.8 Å². The summed E-state index contributed by atoms with van der Waals surface area (Å²) in [6, 6.07) is 14.1. The van der Waals surface area contributed by atoms with Crippen molar-refractivity contribution in [2.24, 2.45) is 5.92 Å². The van der Waals surface area contributed by atoms with Gasteiger partial charge in [0, 0.05) is 24.1 Å². The summed E-state index contributed by atoms with van der Waals surface area (Å²) in [6.45, 7) is 10.3. The van der Waals surface area contributed by atoms with Crippen molar-refractivity contribution in [3.63, 3.8) is 0 Å². The van der Waals surface area contributed by atoms with Crippen LogP contribution in [0.25, 0.3) is 0 Å². The fraction of sp³-hybridized carbons (Fsp3) is 0.519. The van der Waals surface area contributed by atoms with Gasteiger partial charge in [0.05, 0.1) is 12.2 Å². The third-order valence-electron chi connectivity index (χ3n) is 6.54. The molecule has 0 spiro atoms. The lowest BCUT2D eigenvalue weighted by atomic mass is 9.66. The van der Waals surface area contributed by atoms with Gasteiger partial charge in [-0.05, 0) is 80.5 Å². The number of hydrogen-bond acceptors (Lipinski definition) is 3. The Morgan fingerprint density at radius 1 is 1.16 bits per heavy atom. The minimum Gasteiger partial charge on any atom is -0.493 e. The van der Waals surface area contributed by atoms with Crippen LogP contribution in [0.4, 0.5) is 4.39 Å². The number of ether oxygens (including phenoxy) is 2. The largest absolute Gasteiger partial charge is 0.493 e. The topological polar surface area (TPSA) is 47.6 Å². The Morgan fingerprint density at radius 2 is 1.84 bits per heavy atom. The summed E-state index contributed by atoms with van der Waals surface area (Å²) < 4.78 is 25.3. The number of rotatable bonds is 9. The molecule has 0 unspecified atom stereocenters. The highest BCUT2D eigenvalue weighted by Crippen LogP contribution is 2.45. The molecule has 1 heterocycles. The molecule has 1 amide bonds. The Labute approximate surface area is 191 Å². The van der Waals surface area contributed by atoms with Gasteiger partial charge in [0.25, 0.3) is 5.91 Å². The van der Waals surface area contributed by atoms with Crippen molar-refractivity contribution in [1.82, 2.24) is 5.32 Å². The van der Waals surface area contributed by atoms with E-state index in [4.69, 9.17) is 9.47 Å². The number of nitrogens with one attached hydrogen (secondary N) is 1. The van der Waals surface area contributed by atoms with E-state index in [1.165, 1.54) is 12.1 Å². The van der Waals surface area contributed by atoms with E-state index in [-0.39, 0.29) is 22.7 Å². The molecule has 1 saturated heterocycles. The molecule has 32 heavy (non-hydrogen) atoms. The van der Waals surface area contributed by atoms with Crippen molar-refractivity contribution in [3.8, 4) is 5.75 Å². The molecule has 174 valence electrons. The first-order valence-electron chi connectivity index (χ1n) is 11.7. The first-order chi connectivity index (χ1) is 15.3. The predicted octanol–water partition coefficient (Wildman–Crippen LogP) is 5.90. The molecule has 5 heteroatoms. The van der Waals surface area contributed by atoms with Gasteiger partial charge in [-0.25, -0.2) is 4.39 Å². The summed E-state index contributed by atoms with van der Waals surface area (Å²) in [5.41, 5.74) is 1.35. The minimum atomic E-state index is -0.233. The van der Waals surface area contributed by atoms with Crippen molar-refractivity contribution in [2.45, 2.75) is 64.4 Å². The number of carbonyl (C=O) groups is 1. The maximum Gasteiger partial charge on any atom is 0.251 e. The standard InChI is InChI=1S/C27H36FNO3/c1-5-26(4)19-27(15-17-32-26,22-8-10-23(28)11-9-22)14-16-29-25(30)21-6-12-24(13-7-21)31-18-20(2)3/h6-13,20H,5,14-19H2,1-4H3,(H,29,30)/t26-,27+/m0/s1. The Balaban J connectivity index is 1.66. The molecular formula is C27H36FNO3. The zero-order valence-electron chi connectivity index (χ0n) is 19.7. The third-order valence-corrected chi connectivity index (χ3v) is 6.54. The molecule has 0 bridgehead atoms. The van der Waals surface area contributed by atoms with Crippen LogP contribution in [0.5, 0.6) is 5.75 Å². The number of halogens is 1. The Hall–Kier alpha value is -2.40. The zero-order chi connectivity index (χ0) is 23.2. The van der Waals surface area contributed by atoms with E-state index in [0.29, 0.717) is 31.2 Å². The summed E-state index contributed by atoms with van der Waals surface area (Å²) in [7, 11) is 0. The lowest BCUT2D eigenvalue weighted by Gasteiger charge is -2.47. The average Bonchev–Trinajstić information content (AvgIpc) is 2.78. The molecule has 2 aromatic rings. The SMILES string of the molecule is CC[C@@]1(C)C[C@](CCNC(=O)c2ccc(OCC(C)C)cc2)(c2ccc(F)cc2)CCO1. The smallest absolute Gasteiger partial charge is 0.251 e. The number of hydrogen-bond donors (Lipinski definition) is 1. The lowest BCUT2D eigenvalue weighted by molar-refractivity contribution is -0.0978. The molecule has 0 aliphatic carbocycles. The van der Waals surface area contributed by atoms with E-state index in [0.717, 1.165) is 37.0 Å². The number of amides is 1. The zero-order valence-corrected chi connectivity index (χ0v) is 19.7. The number of benzene rings is 2. The Morgan fingerprint density at radius 3 is 2.47 bits per heavy atom. The fourth-order valence-electron chi connectivity index (χ4n) is 4.47. The van der Waals surface area contributed by atoms with Crippen LogP contribution in [-0.2, 0) is 10.2 Å². The molecule has 2 aromatic carbocycles. The predicted molar refractivity (Wildman–Crippen MR) is 126 cm³/mol. The van der Waals surface area contributed by atoms with E-state index in [1.54, 1.807) is 12.1 Å². The molecule has 3 rings (SSSR count). The van der Waals surface area contributed by atoms with Gasteiger partial charge in [-0.3, -0.25) is 4.79 Å². The van der Waals surface area contributed by atoms with Gasteiger partial charge in [0.1, 0.15) is 11.6 Å². The quantitative estimate of drug-likeness (QED) is 0.527. The first-order valence-corrected chi connectivity index (χ1v) is 11.7. The van der Waals surface area contributed by atoms with Crippen molar-refractivity contribution in [2.75, 3.05) is 19.8 Å². The third kappa shape index (κ3) is 6.10. The summed E-state index contributed by atoms with van der Waals surface area (Å²) in [4.78, 5) is 12.7. The highest BCUT2D eigenvalue weighted by molar-refractivity contribution is 5.94. The van der Waals surface area contributed by atoms with Gasteiger partial charge in [-0.2, -0.15) is 0 Å². The van der Waals surface area contributed by atoms with Crippen molar-refractivity contribution in [1.29, 1.82) is 0 Å². The summed E-state index contributed by atoms with van der Waals surface area (Å²) in [5, 5.41) is 3.07. The van der Waals surface area contributed by atoms with Crippen LogP contribution in [0.2, 0.25) is 0 Å². The second-order valence-corrected chi connectivity index (χ2v) is 9.60. The normalized spacial score (nSPS) is 23.2. The van der Waals surface area contributed by atoms with E-state index < -0.39 is 0 Å². The average molecular weight is 442 g/mol. The molecule has 4 nitrogen and oxygen atoms in total. The van der Waals surface area contributed by atoms with Crippen LogP contribution >= 0.6 is 0 Å². The van der Waals surface area contributed by atoms with Crippen LogP contribution < -0.4 is 10.1 Å². The van der Waals surface area contributed by atoms with Crippen LogP contribution in [0.3, 0.4) is 0 Å². The van der Waals surface area contributed by atoms with Gasteiger partial charge in [0.2, 0.25) is 0 Å². The lowest BCUT2D eigenvalue weighted by Crippen LogP contribution is -2.47. The van der Waals surface area contributed by atoms with Crippen LogP contribution in [0.1, 0.15) is 69.3 Å². The van der Waals surface area contributed by atoms with Gasteiger partial charge >= 0.3 is 0 Å². The van der Waals surface area contributed by atoms with E-state index >= 15 is 0 Å². The maximum absolute atomic E-state index is 13.6. The molecule has 0 radical (unpaired) electrons. The highest BCUT2D eigenvalue weighted by Gasteiger charge is 2.43. The van der Waals surface area contributed by atoms with Crippen molar-refractivity contribution in [3.05, 3.63) is 65.5 Å². The van der Waals surface area contributed by atoms with E-state index in [9.17, 15) is 9.18 Å². The molecule has 1 aliphatic rings. The van der Waals surface area contributed by atoms with Gasteiger partial charge in [-0.1, -0.05) is 32.9 Å². The molecule has 2 atom stereocenters. The Bertz CT molecular complexity index is 881. The fourth-order valence-corrected chi connectivity index (χ4v) is 4.47. The van der Waals surface area contributed by atoms with E-state index in [1.807, 2.05) is 24.3 Å². The van der Waals surface area contributed by atoms with Gasteiger partial charge in [-0.15, -0.1) is 0 Å². The van der Waals surface area contributed by atoms with E-state index in [2.05, 4.69) is 33.0 Å². The summed E-state index contributed by atoms with van der Waals surface area (Å²) in [5.74, 6) is 0.890. The molecule has 0 saturated carbocycles. The molecule has 1 aliphatic heterocycles. The first kappa shape index (κ1) is 24.2. The Kier molecular flexibility index (Phi) is 7.94. The van der Waals surface area contributed by atoms with Crippen LogP contribution in [0, 0.1) is 11.7 Å². The number of carbonyl (C=O) groups excluding carboxylic acids is 1. The van der Waals surface area contributed by atoms with Crippen LogP contribution in [0.15, 0.2) is 48.5 Å².